The first-order valence-electron chi connectivity index (χ1n) is 6.60. The number of alkyl halides is 3. The molecule has 0 aliphatic carbocycles. The van der Waals surface area contributed by atoms with Gasteiger partial charge in [-0.3, -0.25) is 9.78 Å². The number of rotatable bonds is 3. The number of ether oxygens (including phenoxy) is 1. The summed E-state index contributed by atoms with van der Waals surface area (Å²) in [6, 6.07) is 3.68. The minimum atomic E-state index is -5.01. The number of hydrogen-bond donors (Lipinski definition) is 3. The zero-order chi connectivity index (χ0) is 19.1. The third kappa shape index (κ3) is 3.58. The highest BCUT2D eigenvalue weighted by Gasteiger charge is 2.39. The van der Waals surface area contributed by atoms with Crippen molar-refractivity contribution in [1.82, 2.24) is 20.1 Å². The number of aromatic nitrogens is 4. The fourth-order valence-corrected chi connectivity index (χ4v) is 2.15. The highest BCUT2D eigenvalue weighted by atomic mass is 35.5. The van der Waals surface area contributed by atoms with E-state index in [4.69, 9.17) is 33.3 Å². The van der Waals surface area contributed by atoms with Gasteiger partial charge in [0, 0.05) is 6.07 Å². The minimum Gasteiger partial charge on any atom is -0.449 e. The number of hydrogen-bond acceptors (Lipinski definition) is 6. The van der Waals surface area contributed by atoms with Crippen molar-refractivity contribution in [3.8, 4) is 23.1 Å². The molecule has 0 fully saturated rings. The summed E-state index contributed by atoms with van der Waals surface area (Å²) >= 11 is 11.5. The fraction of sp³-hybridized carbons (Fsp3) is 0.0769. The number of aromatic amines is 2. The molecule has 0 saturated heterocycles. The second kappa shape index (κ2) is 6.50. The van der Waals surface area contributed by atoms with Crippen molar-refractivity contribution in [3.05, 3.63) is 50.0 Å². The Morgan fingerprint density at radius 3 is 2.46 bits per heavy atom. The van der Waals surface area contributed by atoms with Gasteiger partial charge in [-0.15, -0.1) is 0 Å². The average Bonchev–Trinajstić information content (AvgIpc) is 2.98. The third-order valence-electron chi connectivity index (χ3n) is 2.94. The van der Waals surface area contributed by atoms with E-state index in [1.807, 2.05) is 0 Å². The molecule has 0 radical (unpaired) electrons. The van der Waals surface area contributed by atoms with Gasteiger partial charge in [0.1, 0.15) is 5.75 Å². The Kier molecular flexibility index (Phi) is 4.50. The molecule has 2 aromatic heterocycles. The Morgan fingerprint density at radius 1 is 1.15 bits per heavy atom. The van der Waals surface area contributed by atoms with Crippen molar-refractivity contribution in [2.45, 2.75) is 6.18 Å². The predicted octanol–water partition coefficient (Wildman–Crippen LogP) is 3.35. The van der Waals surface area contributed by atoms with Gasteiger partial charge in [0.15, 0.2) is 11.5 Å². The van der Waals surface area contributed by atoms with E-state index in [0.717, 1.165) is 6.07 Å². The number of H-pyrrole nitrogens is 2. The van der Waals surface area contributed by atoms with E-state index >= 15 is 0 Å². The summed E-state index contributed by atoms with van der Waals surface area (Å²) in [4.78, 5) is 19.7. The molecule has 3 rings (SSSR count). The molecule has 3 N–H and O–H groups in total. The van der Waals surface area contributed by atoms with Crippen LogP contribution >= 0.6 is 23.2 Å². The second-order valence-corrected chi connectivity index (χ2v) is 5.57. The average molecular weight is 408 g/mol. The van der Waals surface area contributed by atoms with Gasteiger partial charge in [0.2, 0.25) is 11.6 Å². The molecule has 0 unspecified atom stereocenters. The maximum absolute atomic E-state index is 13.3. The molecule has 0 aliphatic rings. The van der Waals surface area contributed by atoms with E-state index in [0.29, 0.717) is 0 Å². The molecule has 0 spiro atoms. The van der Waals surface area contributed by atoms with Crippen LogP contribution in [0.25, 0.3) is 11.6 Å². The molecule has 136 valence electrons. The maximum Gasteiger partial charge on any atom is 0.437 e. The monoisotopic (exact) mass is 407 g/mol. The smallest absolute Gasteiger partial charge is 0.437 e. The third-order valence-corrected chi connectivity index (χ3v) is 3.68. The van der Waals surface area contributed by atoms with Crippen molar-refractivity contribution < 1.29 is 22.4 Å². The molecule has 1 aromatic carbocycles. The van der Waals surface area contributed by atoms with Crippen LogP contribution in [0.1, 0.15) is 5.69 Å². The zero-order valence-corrected chi connectivity index (χ0v) is 13.8. The van der Waals surface area contributed by atoms with Crippen LogP contribution in [0.5, 0.6) is 11.5 Å². The molecular weight excluding hydrogens is 402 g/mol. The van der Waals surface area contributed by atoms with Gasteiger partial charge in [-0.2, -0.15) is 13.2 Å². The molecule has 0 bridgehead atoms. The van der Waals surface area contributed by atoms with Gasteiger partial charge in [0.05, 0.1) is 10.0 Å². The van der Waals surface area contributed by atoms with E-state index in [9.17, 15) is 18.0 Å². The summed E-state index contributed by atoms with van der Waals surface area (Å²) < 4.78 is 49.5. The van der Waals surface area contributed by atoms with Crippen molar-refractivity contribution in [2.24, 2.45) is 0 Å². The van der Waals surface area contributed by atoms with Crippen LogP contribution in [-0.2, 0) is 6.18 Å². The molecule has 0 amide bonds. The summed E-state index contributed by atoms with van der Waals surface area (Å²) in [6.07, 6.45) is -5.01. The minimum absolute atomic E-state index is 0.0268. The first-order chi connectivity index (χ1) is 12.1. The van der Waals surface area contributed by atoms with Crippen molar-refractivity contribution in [3.63, 3.8) is 0 Å². The predicted molar refractivity (Wildman–Crippen MR) is 82.1 cm³/mol. The van der Waals surface area contributed by atoms with Crippen molar-refractivity contribution >= 4 is 23.2 Å². The summed E-state index contributed by atoms with van der Waals surface area (Å²) in [5.41, 5.74) is -3.35. The van der Waals surface area contributed by atoms with Crippen LogP contribution in [0, 0.1) is 5.41 Å². The largest absolute Gasteiger partial charge is 0.449 e. The SMILES string of the molecule is N=c1[nH]c(-c2nc(C(F)(F)F)c(Oc3ccc(Cl)c(Cl)c3)c(=O)[nH]2)no1. The number of benzene rings is 1. The normalized spacial score (nSPS) is 11.6. The van der Waals surface area contributed by atoms with E-state index in [1.54, 1.807) is 0 Å². The summed E-state index contributed by atoms with van der Waals surface area (Å²) in [7, 11) is 0. The quantitative estimate of drug-likeness (QED) is 0.614. The van der Waals surface area contributed by atoms with E-state index < -0.39 is 34.7 Å². The van der Waals surface area contributed by atoms with Gasteiger partial charge in [-0.25, -0.2) is 10.4 Å². The molecule has 0 aliphatic heterocycles. The summed E-state index contributed by atoms with van der Waals surface area (Å²) in [5.74, 6) is -2.18. The number of halogens is 5. The lowest BCUT2D eigenvalue weighted by molar-refractivity contribution is -0.142. The lowest BCUT2D eigenvalue weighted by atomic mass is 10.3. The number of nitrogens with one attached hydrogen (secondary N) is 3. The lowest BCUT2D eigenvalue weighted by Gasteiger charge is -2.13. The van der Waals surface area contributed by atoms with E-state index in [-0.39, 0.29) is 21.6 Å². The standard InChI is InChI=1S/C13H6Cl2F3N5O3/c14-5-2-1-4(3-6(5)15)25-7-8(13(16,17)18)20-9(21-11(7)24)10-22-12(19)26-23-10/h1-3H,(H2,19,22,23)(H,20,21,24). The van der Waals surface area contributed by atoms with Crippen LogP contribution in [0.15, 0.2) is 27.5 Å². The Morgan fingerprint density at radius 2 is 1.88 bits per heavy atom. The molecule has 8 nitrogen and oxygen atoms in total. The lowest BCUT2D eigenvalue weighted by Crippen LogP contribution is -2.21. The van der Waals surface area contributed by atoms with Gasteiger partial charge < -0.3 is 14.2 Å². The summed E-state index contributed by atoms with van der Waals surface area (Å²) in [6.45, 7) is 0. The maximum atomic E-state index is 13.3. The first-order valence-corrected chi connectivity index (χ1v) is 7.36. The molecule has 0 saturated carbocycles. The summed E-state index contributed by atoms with van der Waals surface area (Å²) in [5, 5.41) is 10.6. The Labute approximate surface area is 151 Å². The Bertz CT molecular complexity index is 1090. The first kappa shape index (κ1) is 18.0. The van der Waals surface area contributed by atoms with Crippen LogP contribution in [0.3, 0.4) is 0 Å². The van der Waals surface area contributed by atoms with Gasteiger partial charge in [-0.05, 0) is 12.1 Å². The van der Waals surface area contributed by atoms with Crippen LogP contribution in [-0.4, -0.2) is 20.1 Å². The van der Waals surface area contributed by atoms with Crippen LogP contribution in [0.2, 0.25) is 10.0 Å². The zero-order valence-electron chi connectivity index (χ0n) is 12.2. The molecule has 3 aromatic rings. The molecule has 26 heavy (non-hydrogen) atoms. The van der Waals surface area contributed by atoms with E-state index in [1.165, 1.54) is 12.1 Å². The second-order valence-electron chi connectivity index (χ2n) is 4.75. The number of nitrogens with zero attached hydrogens (tertiary/aromatic N) is 2. The van der Waals surface area contributed by atoms with Gasteiger partial charge in [-0.1, -0.05) is 28.4 Å². The van der Waals surface area contributed by atoms with Crippen LogP contribution < -0.4 is 16.0 Å². The molecule has 0 atom stereocenters. The van der Waals surface area contributed by atoms with Crippen molar-refractivity contribution in [1.29, 1.82) is 5.41 Å². The van der Waals surface area contributed by atoms with Crippen molar-refractivity contribution in [2.75, 3.05) is 0 Å². The highest BCUT2D eigenvalue weighted by molar-refractivity contribution is 6.42. The van der Waals surface area contributed by atoms with E-state index in [2.05, 4.69) is 24.6 Å². The highest BCUT2D eigenvalue weighted by Crippen LogP contribution is 2.36. The Balaban J connectivity index is 2.13. The van der Waals surface area contributed by atoms with Gasteiger partial charge >= 0.3 is 11.9 Å². The molecule has 2 heterocycles. The Hall–Kier alpha value is -2.79. The topological polar surface area (TPSA) is 121 Å². The van der Waals surface area contributed by atoms with Crippen LogP contribution in [0.4, 0.5) is 13.2 Å². The molecule has 13 heteroatoms. The fourth-order valence-electron chi connectivity index (χ4n) is 1.87. The molecular formula is C13H6Cl2F3N5O3. The van der Waals surface area contributed by atoms with Gasteiger partial charge in [0.25, 0.3) is 5.56 Å².